The predicted octanol–water partition coefficient (Wildman–Crippen LogP) is 2.37. The molecule has 1 aliphatic rings. The highest BCUT2D eigenvalue weighted by molar-refractivity contribution is 5.27. The molecule has 2 rings (SSSR count). The molecule has 0 radical (unpaired) electrons. The average molecular weight is 236 g/mol. The van der Waals surface area contributed by atoms with Crippen LogP contribution >= 0.6 is 0 Å². The van der Waals surface area contributed by atoms with Crippen LogP contribution in [0, 0.1) is 5.41 Å². The molecule has 0 heterocycles. The van der Waals surface area contributed by atoms with E-state index < -0.39 is 0 Å². The minimum absolute atomic E-state index is 0.126. The van der Waals surface area contributed by atoms with Crippen molar-refractivity contribution in [3.05, 3.63) is 29.8 Å². The number of benzene rings is 1. The second kappa shape index (κ2) is 4.67. The fourth-order valence-corrected chi connectivity index (χ4v) is 2.11. The van der Waals surface area contributed by atoms with Gasteiger partial charge in [-0.2, -0.15) is 0 Å². The quantitative estimate of drug-likeness (QED) is 0.872. The standard InChI is InChI=1S/C14H20O3/c1-14(2)12(15)8-13(14)17-9-10-5-4-6-11(7-10)16-3/h4-7,12-13,15H,8-9H2,1-3H3. The lowest BCUT2D eigenvalue weighted by atomic mass is 9.66. The maximum Gasteiger partial charge on any atom is 0.119 e. The molecule has 0 saturated heterocycles. The second-order valence-electron chi connectivity index (χ2n) is 5.22. The van der Waals surface area contributed by atoms with E-state index >= 15 is 0 Å². The summed E-state index contributed by atoms with van der Waals surface area (Å²) >= 11 is 0. The minimum atomic E-state index is -0.238. The zero-order valence-corrected chi connectivity index (χ0v) is 10.6. The Morgan fingerprint density at radius 1 is 1.41 bits per heavy atom. The van der Waals surface area contributed by atoms with Crippen LogP contribution in [0.5, 0.6) is 5.75 Å². The second-order valence-corrected chi connectivity index (χ2v) is 5.22. The predicted molar refractivity (Wildman–Crippen MR) is 66.0 cm³/mol. The molecule has 3 heteroatoms. The number of hydrogen-bond acceptors (Lipinski definition) is 3. The molecule has 1 aromatic rings. The lowest BCUT2D eigenvalue weighted by molar-refractivity contribution is -0.179. The van der Waals surface area contributed by atoms with Crippen molar-refractivity contribution in [2.75, 3.05) is 7.11 Å². The van der Waals surface area contributed by atoms with Crippen molar-refractivity contribution in [2.45, 2.75) is 39.1 Å². The van der Waals surface area contributed by atoms with Crippen molar-refractivity contribution in [2.24, 2.45) is 5.41 Å². The Balaban J connectivity index is 1.90. The van der Waals surface area contributed by atoms with Gasteiger partial charge in [0.05, 0.1) is 25.9 Å². The Kier molecular flexibility index (Phi) is 3.40. The number of rotatable bonds is 4. The zero-order chi connectivity index (χ0) is 12.5. The van der Waals surface area contributed by atoms with E-state index in [9.17, 15) is 5.11 Å². The molecule has 17 heavy (non-hydrogen) atoms. The fourth-order valence-electron chi connectivity index (χ4n) is 2.11. The van der Waals surface area contributed by atoms with E-state index in [0.717, 1.165) is 17.7 Å². The Bertz CT molecular complexity index is 387. The van der Waals surface area contributed by atoms with Gasteiger partial charge in [-0.15, -0.1) is 0 Å². The van der Waals surface area contributed by atoms with E-state index in [1.54, 1.807) is 7.11 Å². The summed E-state index contributed by atoms with van der Waals surface area (Å²) in [5.74, 6) is 0.846. The Morgan fingerprint density at radius 2 is 2.18 bits per heavy atom. The molecule has 1 fully saturated rings. The number of aliphatic hydroxyl groups is 1. The molecule has 2 unspecified atom stereocenters. The Hall–Kier alpha value is -1.06. The fraction of sp³-hybridized carbons (Fsp3) is 0.571. The summed E-state index contributed by atoms with van der Waals surface area (Å²) in [6.45, 7) is 4.65. The van der Waals surface area contributed by atoms with Crippen LogP contribution < -0.4 is 4.74 Å². The van der Waals surface area contributed by atoms with Crippen molar-refractivity contribution in [3.63, 3.8) is 0 Å². The number of ether oxygens (including phenoxy) is 2. The first-order chi connectivity index (χ1) is 8.04. The van der Waals surface area contributed by atoms with Crippen molar-refractivity contribution in [3.8, 4) is 5.75 Å². The maximum atomic E-state index is 9.63. The van der Waals surface area contributed by atoms with Crippen LogP contribution in [0.25, 0.3) is 0 Å². The van der Waals surface area contributed by atoms with E-state index in [1.807, 2.05) is 38.1 Å². The summed E-state index contributed by atoms with van der Waals surface area (Å²) in [4.78, 5) is 0. The molecule has 1 aliphatic carbocycles. The van der Waals surface area contributed by atoms with Gasteiger partial charge in [0.15, 0.2) is 0 Å². The number of aliphatic hydroxyl groups excluding tert-OH is 1. The molecule has 0 amide bonds. The van der Waals surface area contributed by atoms with E-state index in [1.165, 1.54) is 0 Å². The molecule has 1 saturated carbocycles. The molecule has 0 aromatic heterocycles. The SMILES string of the molecule is COc1cccc(COC2CC(O)C2(C)C)c1. The van der Waals surface area contributed by atoms with Crippen LogP contribution in [0.4, 0.5) is 0 Å². The third kappa shape index (κ3) is 2.45. The van der Waals surface area contributed by atoms with E-state index in [2.05, 4.69) is 0 Å². The van der Waals surface area contributed by atoms with Crippen LogP contribution in [0.1, 0.15) is 25.8 Å². The summed E-state index contributed by atoms with van der Waals surface area (Å²) in [5, 5.41) is 9.63. The molecular formula is C14H20O3. The first kappa shape index (κ1) is 12.4. The number of methoxy groups -OCH3 is 1. The zero-order valence-electron chi connectivity index (χ0n) is 10.6. The minimum Gasteiger partial charge on any atom is -0.497 e. The van der Waals surface area contributed by atoms with E-state index in [0.29, 0.717) is 6.61 Å². The maximum absolute atomic E-state index is 9.63. The molecule has 1 N–H and O–H groups in total. The summed E-state index contributed by atoms with van der Waals surface area (Å²) in [6, 6.07) is 7.87. The van der Waals surface area contributed by atoms with Gasteiger partial charge in [-0.1, -0.05) is 26.0 Å². The molecule has 1 aromatic carbocycles. The van der Waals surface area contributed by atoms with Crippen LogP contribution in [0.2, 0.25) is 0 Å². The molecule has 0 spiro atoms. The molecule has 0 bridgehead atoms. The average Bonchev–Trinajstić information content (AvgIpc) is 2.34. The van der Waals surface area contributed by atoms with Crippen molar-refractivity contribution in [1.82, 2.24) is 0 Å². The van der Waals surface area contributed by atoms with Crippen LogP contribution in [-0.2, 0) is 11.3 Å². The van der Waals surface area contributed by atoms with Gasteiger partial charge in [-0.05, 0) is 17.7 Å². The van der Waals surface area contributed by atoms with Gasteiger partial charge in [0, 0.05) is 11.8 Å². The third-order valence-electron chi connectivity index (χ3n) is 3.71. The highest BCUT2D eigenvalue weighted by Crippen LogP contribution is 2.42. The Labute approximate surface area is 102 Å². The van der Waals surface area contributed by atoms with Gasteiger partial charge < -0.3 is 14.6 Å². The lowest BCUT2D eigenvalue weighted by Crippen LogP contribution is -2.54. The van der Waals surface area contributed by atoms with Gasteiger partial charge in [-0.3, -0.25) is 0 Å². The number of hydrogen-bond donors (Lipinski definition) is 1. The summed E-state index contributed by atoms with van der Waals surface area (Å²) in [5.41, 5.74) is 0.973. The van der Waals surface area contributed by atoms with E-state index in [4.69, 9.17) is 9.47 Å². The van der Waals surface area contributed by atoms with E-state index in [-0.39, 0.29) is 17.6 Å². The van der Waals surface area contributed by atoms with Crippen molar-refractivity contribution < 1.29 is 14.6 Å². The molecular weight excluding hydrogens is 216 g/mol. The van der Waals surface area contributed by atoms with Gasteiger partial charge >= 0.3 is 0 Å². The largest absolute Gasteiger partial charge is 0.497 e. The van der Waals surface area contributed by atoms with Crippen LogP contribution in [0.3, 0.4) is 0 Å². The van der Waals surface area contributed by atoms with Crippen LogP contribution in [-0.4, -0.2) is 24.4 Å². The first-order valence-corrected chi connectivity index (χ1v) is 5.96. The van der Waals surface area contributed by atoms with Crippen molar-refractivity contribution in [1.29, 1.82) is 0 Å². The summed E-state index contributed by atoms with van der Waals surface area (Å²) in [6.07, 6.45) is 0.637. The highest BCUT2D eigenvalue weighted by atomic mass is 16.5. The smallest absolute Gasteiger partial charge is 0.119 e. The summed E-state index contributed by atoms with van der Waals surface area (Å²) in [7, 11) is 1.66. The molecule has 94 valence electrons. The highest BCUT2D eigenvalue weighted by Gasteiger charge is 2.48. The molecule has 2 atom stereocenters. The van der Waals surface area contributed by atoms with Gasteiger partial charge in [0.25, 0.3) is 0 Å². The van der Waals surface area contributed by atoms with Gasteiger partial charge in [-0.25, -0.2) is 0 Å². The molecule has 3 nitrogen and oxygen atoms in total. The van der Waals surface area contributed by atoms with Gasteiger partial charge in [0.1, 0.15) is 5.75 Å². The third-order valence-corrected chi connectivity index (χ3v) is 3.71. The lowest BCUT2D eigenvalue weighted by Gasteiger charge is -2.48. The monoisotopic (exact) mass is 236 g/mol. The van der Waals surface area contributed by atoms with Gasteiger partial charge in [0.2, 0.25) is 0 Å². The van der Waals surface area contributed by atoms with Crippen molar-refractivity contribution >= 4 is 0 Å². The first-order valence-electron chi connectivity index (χ1n) is 5.96. The summed E-state index contributed by atoms with van der Waals surface area (Å²) < 4.78 is 11.0. The topological polar surface area (TPSA) is 38.7 Å². The Morgan fingerprint density at radius 3 is 2.76 bits per heavy atom. The normalized spacial score (nSPS) is 26.4. The molecule has 0 aliphatic heterocycles. The van der Waals surface area contributed by atoms with Crippen LogP contribution in [0.15, 0.2) is 24.3 Å².